The van der Waals surface area contributed by atoms with Crippen LogP contribution in [0.25, 0.3) is 0 Å². The van der Waals surface area contributed by atoms with Crippen molar-refractivity contribution in [1.29, 1.82) is 0 Å². The highest BCUT2D eigenvalue weighted by atomic mass is 32.2. The molecule has 1 aromatic carbocycles. The molecule has 0 fully saturated rings. The Balaban J connectivity index is 1.88. The second-order valence-corrected chi connectivity index (χ2v) is 6.30. The number of benzene rings is 1. The van der Waals surface area contributed by atoms with Crippen LogP contribution in [0.1, 0.15) is 24.8 Å². The van der Waals surface area contributed by atoms with E-state index in [1.165, 1.54) is 5.56 Å². The monoisotopic (exact) mass is 281 g/mol. The summed E-state index contributed by atoms with van der Waals surface area (Å²) >= 11 is 1.67. The lowest BCUT2D eigenvalue weighted by Gasteiger charge is -2.28. The van der Waals surface area contributed by atoms with Gasteiger partial charge in [0.1, 0.15) is 5.75 Å². The Morgan fingerprint density at radius 2 is 2.26 bits per heavy atom. The van der Waals surface area contributed by atoms with Crippen molar-refractivity contribution in [3.63, 3.8) is 0 Å². The molecular weight excluding hydrogens is 258 g/mol. The summed E-state index contributed by atoms with van der Waals surface area (Å²) in [5.74, 6) is 2.25. The third kappa shape index (κ3) is 4.13. The normalized spacial score (nSPS) is 21.3. The average Bonchev–Trinajstić information content (AvgIpc) is 2.39. The topological polar surface area (TPSA) is 41.5 Å². The highest BCUT2D eigenvalue weighted by Gasteiger charge is 2.23. The van der Waals surface area contributed by atoms with Crippen LogP contribution >= 0.6 is 11.8 Å². The molecule has 2 rings (SSSR count). The molecule has 1 aliphatic rings. The minimum absolute atomic E-state index is 0.482. The number of nitrogens with one attached hydrogen (secondary N) is 1. The largest absolute Gasteiger partial charge is 0.493 e. The molecule has 0 bridgehead atoms. The van der Waals surface area contributed by atoms with Gasteiger partial charge in [-0.3, -0.25) is 0 Å². The van der Waals surface area contributed by atoms with E-state index in [1.807, 2.05) is 25.3 Å². The van der Waals surface area contributed by atoms with Crippen LogP contribution in [0.5, 0.6) is 5.75 Å². The summed E-state index contributed by atoms with van der Waals surface area (Å²) in [5.41, 5.74) is 0.648. The first kappa shape index (κ1) is 14.7. The number of para-hydroxylation sites is 1. The third-order valence-electron chi connectivity index (χ3n) is 3.43. The predicted octanol–water partition coefficient (Wildman–Crippen LogP) is 2.26. The molecule has 1 aromatic rings. The average molecular weight is 281 g/mol. The van der Waals surface area contributed by atoms with Gasteiger partial charge in [0.2, 0.25) is 0 Å². The van der Waals surface area contributed by atoms with Crippen molar-refractivity contribution in [1.82, 2.24) is 5.32 Å². The highest BCUT2D eigenvalue weighted by molar-refractivity contribution is 7.98. The van der Waals surface area contributed by atoms with Crippen molar-refractivity contribution in [2.75, 3.05) is 31.7 Å². The molecule has 0 radical (unpaired) electrons. The van der Waals surface area contributed by atoms with Crippen LogP contribution in [-0.4, -0.2) is 42.4 Å². The van der Waals surface area contributed by atoms with Gasteiger partial charge in [0.15, 0.2) is 0 Å². The zero-order chi connectivity index (χ0) is 13.7. The number of fused-ring (bicyclic) bond motifs is 1. The smallest absolute Gasteiger partial charge is 0.122 e. The molecule has 19 heavy (non-hydrogen) atoms. The highest BCUT2D eigenvalue weighted by Crippen LogP contribution is 2.32. The van der Waals surface area contributed by atoms with Gasteiger partial charge in [-0.25, -0.2) is 0 Å². The van der Waals surface area contributed by atoms with Gasteiger partial charge in [0.25, 0.3) is 0 Å². The van der Waals surface area contributed by atoms with E-state index < -0.39 is 5.60 Å². The molecule has 1 heterocycles. The summed E-state index contributed by atoms with van der Waals surface area (Å²) in [5, 5.41) is 13.5. The number of aliphatic hydroxyl groups is 1. The first-order chi connectivity index (χ1) is 9.12. The fourth-order valence-electron chi connectivity index (χ4n) is 2.51. The zero-order valence-electron chi connectivity index (χ0n) is 11.7. The molecule has 106 valence electrons. The van der Waals surface area contributed by atoms with E-state index in [-0.39, 0.29) is 0 Å². The Bertz CT molecular complexity index is 409. The molecule has 0 spiro atoms. The third-order valence-corrected chi connectivity index (χ3v) is 4.35. The Kier molecular flexibility index (Phi) is 5.13. The van der Waals surface area contributed by atoms with Crippen molar-refractivity contribution >= 4 is 11.8 Å². The second kappa shape index (κ2) is 6.64. The molecule has 0 saturated heterocycles. The summed E-state index contributed by atoms with van der Waals surface area (Å²) in [6, 6.07) is 8.24. The number of ether oxygens (including phenoxy) is 1. The van der Waals surface area contributed by atoms with Crippen molar-refractivity contribution in [2.24, 2.45) is 0 Å². The standard InChI is InChI=1S/C15H23NO2S/c1-15(17,11-19-2)10-16-9-12-7-8-18-14-6-4-3-5-13(12)14/h3-6,12,16-17H,7-11H2,1-2H3. The van der Waals surface area contributed by atoms with Crippen LogP contribution in [0.15, 0.2) is 24.3 Å². The van der Waals surface area contributed by atoms with E-state index in [1.54, 1.807) is 11.8 Å². The van der Waals surface area contributed by atoms with Gasteiger partial charge in [-0.1, -0.05) is 18.2 Å². The maximum Gasteiger partial charge on any atom is 0.122 e. The zero-order valence-corrected chi connectivity index (χ0v) is 12.5. The van der Waals surface area contributed by atoms with Gasteiger partial charge in [0, 0.05) is 24.8 Å². The molecule has 2 unspecified atom stereocenters. The van der Waals surface area contributed by atoms with Gasteiger partial charge in [-0.15, -0.1) is 0 Å². The predicted molar refractivity (Wildman–Crippen MR) is 81.2 cm³/mol. The molecule has 2 N–H and O–H groups in total. The summed E-state index contributed by atoms with van der Waals surface area (Å²) < 4.78 is 5.66. The molecule has 0 saturated carbocycles. The van der Waals surface area contributed by atoms with Gasteiger partial charge in [0.05, 0.1) is 12.2 Å². The fourth-order valence-corrected chi connectivity index (χ4v) is 3.23. The van der Waals surface area contributed by atoms with Crippen LogP contribution < -0.4 is 10.1 Å². The van der Waals surface area contributed by atoms with Crippen LogP contribution in [0.2, 0.25) is 0 Å². The lowest BCUT2D eigenvalue weighted by Crippen LogP contribution is -2.41. The summed E-state index contributed by atoms with van der Waals surface area (Å²) in [6.45, 7) is 4.19. The Morgan fingerprint density at radius 3 is 3.05 bits per heavy atom. The van der Waals surface area contributed by atoms with Crippen LogP contribution in [0, 0.1) is 0 Å². The fraction of sp³-hybridized carbons (Fsp3) is 0.600. The van der Waals surface area contributed by atoms with Crippen molar-refractivity contribution in [3.05, 3.63) is 29.8 Å². The molecule has 3 nitrogen and oxygen atoms in total. The van der Waals surface area contributed by atoms with Gasteiger partial charge < -0.3 is 15.2 Å². The van der Waals surface area contributed by atoms with Crippen LogP contribution in [0.4, 0.5) is 0 Å². The number of hydrogen-bond acceptors (Lipinski definition) is 4. The molecule has 2 atom stereocenters. The number of hydrogen-bond donors (Lipinski definition) is 2. The lowest BCUT2D eigenvalue weighted by molar-refractivity contribution is 0.0841. The summed E-state index contributed by atoms with van der Waals surface area (Å²) in [7, 11) is 0. The minimum atomic E-state index is -0.635. The first-order valence-electron chi connectivity index (χ1n) is 6.76. The quantitative estimate of drug-likeness (QED) is 0.839. The molecule has 0 aliphatic carbocycles. The Morgan fingerprint density at radius 1 is 1.47 bits per heavy atom. The number of rotatable bonds is 6. The van der Waals surface area contributed by atoms with Gasteiger partial charge in [-0.05, 0) is 31.2 Å². The first-order valence-corrected chi connectivity index (χ1v) is 8.15. The second-order valence-electron chi connectivity index (χ2n) is 5.43. The van der Waals surface area contributed by atoms with Crippen LogP contribution in [0.3, 0.4) is 0 Å². The van der Waals surface area contributed by atoms with E-state index in [9.17, 15) is 5.11 Å². The van der Waals surface area contributed by atoms with Crippen molar-refractivity contribution < 1.29 is 9.84 Å². The van der Waals surface area contributed by atoms with E-state index in [4.69, 9.17) is 4.74 Å². The lowest BCUT2D eigenvalue weighted by atomic mass is 9.93. The number of thioether (sulfide) groups is 1. The molecular formula is C15H23NO2S. The Labute approximate surface area is 119 Å². The SMILES string of the molecule is CSCC(C)(O)CNCC1CCOc2ccccc21. The van der Waals surface area contributed by atoms with Crippen LogP contribution in [-0.2, 0) is 0 Å². The Hall–Kier alpha value is -0.710. The van der Waals surface area contributed by atoms with E-state index in [0.29, 0.717) is 12.5 Å². The van der Waals surface area contributed by atoms with E-state index in [2.05, 4.69) is 17.4 Å². The maximum absolute atomic E-state index is 10.1. The van der Waals surface area contributed by atoms with Gasteiger partial charge in [-0.2, -0.15) is 11.8 Å². The van der Waals surface area contributed by atoms with Gasteiger partial charge >= 0.3 is 0 Å². The summed E-state index contributed by atoms with van der Waals surface area (Å²) in [6.07, 6.45) is 3.05. The molecule has 1 aliphatic heterocycles. The van der Waals surface area contributed by atoms with Crippen molar-refractivity contribution in [2.45, 2.75) is 24.9 Å². The molecule has 0 aromatic heterocycles. The molecule has 4 heteroatoms. The molecule has 0 amide bonds. The van der Waals surface area contributed by atoms with E-state index in [0.717, 1.165) is 31.1 Å². The van der Waals surface area contributed by atoms with Crippen molar-refractivity contribution in [3.8, 4) is 5.75 Å². The minimum Gasteiger partial charge on any atom is -0.493 e. The van der Waals surface area contributed by atoms with E-state index >= 15 is 0 Å². The summed E-state index contributed by atoms with van der Waals surface area (Å²) in [4.78, 5) is 0. The maximum atomic E-state index is 10.1.